The van der Waals surface area contributed by atoms with E-state index in [-0.39, 0.29) is 11.9 Å². The number of rotatable bonds is 5. The summed E-state index contributed by atoms with van der Waals surface area (Å²) in [4.78, 5) is 17.4. The molecule has 4 nitrogen and oxygen atoms in total. The van der Waals surface area contributed by atoms with Crippen molar-refractivity contribution in [1.82, 2.24) is 9.80 Å². The molecule has 0 aromatic heterocycles. The Balaban J connectivity index is 1.49. The predicted octanol–water partition coefficient (Wildman–Crippen LogP) is 5.01. The van der Waals surface area contributed by atoms with Crippen molar-refractivity contribution >= 4 is 21.8 Å². The second-order valence-electron chi connectivity index (χ2n) is 7.40. The third-order valence-corrected chi connectivity index (χ3v) is 6.22. The Morgan fingerprint density at radius 2 is 1.43 bits per heavy atom. The summed E-state index contributed by atoms with van der Waals surface area (Å²) in [6.45, 7) is 3.08. The monoisotopic (exact) mass is 464 g/mol. The van der Waals surface area contributed by atoms with Crippen molar-refractivity contribution in [3.63, 3.8) is 0 Å². The number of nitrogens with zero attached hydrogens (tertiary/aromatic N) is 2. The Hall–Kier alpha value is -2.63. The van der Waals surface area contributed by atoms with Gasteiger partial charge in [0, 0.05) is 31.7 Å². The van der Waals surface area contributed by atoms with Gasteiger partial charge in [-0.25, -0.2) is 0 Å². The van der Waals surface area contributed by atoms with Crippen LogP contribution in [0.25, 0.3) is 0 Å². The van der Waals surface area contributed by atoms with E-state index in [0.29, 0.717) is 18.7 Å². The number of hydrogen-bond acceptors (Lipinski definition) is 3. The molecule has 1 fully saturated rings. The van der Waals surface area contributed by atoms with Gasteiger partial charge >= 0.3 is 0 Å². The van der Waals surface area contributed by atoms with Crippen molar-refractivity contribution in [2.75, 3.05) is 33.3 Å². The first-order valence-electron chi connectivity index (χ1n) is 10.1. The van der Waals surface area contributed by atoms with E-state index in [1.54, 1.807) is 7.11 Å². The second kappa shape index (κ2) is 9.45. The molecule has 1 amide bonds. The van der Waals surface area contributed by atoms with Gasteiger partial charge in [0.15, 0.2) is 0 Å². The fourth-order valence-electron chi connectivity index (χ4n) is 4.05. The molecule has 0 unspecified atom stereocenters. The second-order valence-corrected chi connectivity index (χ2v) is 8.26. The van der Waals surface area contributed by atoms with Gasteiger partial charge in [-0.2, -0.15) is 0 Å². The van der Waals surface area contributed by atoms with Gasteiger partial charge in [0.05, 0.1) is 17.6 Å². The number of hydrogen-bond donors (Lipinski definition) is 0. The molecule has 154 valence electrons. The molecular formula is C25H25BrN2O2. The molecular weight excluding hydrogens is 440 g/mol. The van der Waals surface area contributed by atoms with Gasteiger partial charge in [-0.3, -0.25) is 9.69 Å². The topological polar surface area (TPSA) is 32.8 Å². The molecule has 1 heterocycles. The Bertz CT molecular complexity index is 947. The summed E-state index contributed by atoms with van der Waals surface area (Å²) in [5.41, 5.74) is 3.24. The van der Waals surface area contributed by atoms with Gasteiger partial charge in [0.25, 0.3) is 5.91 Å². The number of piperazine rings is 1. The average Bonchev–Trinajstić information content (AvgIpc) is 2.81. The van der Waals surface area contributed by atoms with Crippen LogP contribution in [0.5, 0.6) is 5.75 Å². The normalized spacial score (nSPS) is 14.7. The molecule has 1 saturated heterocycles. The number of carbonyl (C=O) groups is 1. The largest absolute Gasteiger partial charge is 0.496 e. The quantitative estimate of drug-likeness (QED) is 0.532. The van der Waals surface area contributed by atoms with E-state index < -0.39 is 0 Å². The minimum Gasteiger partial charge on any atom is -0.496 e. The van der Waals surface area contributed by atoms with Gasteiger partial charge in [-0.05, 0) is 45.3 Å². The molecule has 0 radical (unpaired) electrons. The molecule has 0 bridgehead atoms. The fraction of sp³-hybridized carbons (Fsp3) is 0.240. The standard InChI is InChI=1S/C25H25BrN2O2/c1-30-23-13-12-21(18-22(23)26)25(29)28-16-14-27(15-17-28)24(19-8-4-2-5-9-19)20-10-6-3-7-11-20/h2-13,18,24H,14-17H2,1H3. The highest BCUT2D eigenvalue weighted by molar-refractivity contribution is 9.10. The van der Waals surface area contributed by atoms with Crippen LogP contribution in [0.2, 0.25) is 0 Å². The van der Waals surface area contributed by atoms with Crippen molar-refractivity contribution < 1.29 is 9.53 Å². The van der Waals surface area contributed by atoms with Crippen LogP contribution in [0, 0.1) is 0 Å². The van der Waals surface area contributed by atoms with Crippen LogP contribution in [0.3, 0.4) is 0 Å². The maximum absolute atomic E-state index is 13.0. The van der Waals surface area contributed by atoms with Crippen molar-refractivity contribution in [2.45, 2.75) is 6.04 Å². The van der Waals surface area contributed by atoms with Crippen molar-refractivity contribution in [1.29, 1.82) is 0 Å². The van der Waals surface area contributed by atoms with E-state index in [9.17, 15) is 4.79 Å². The number of amides is 1. The summed E-state index contributed by atoms with van der Waals surface area (Å²) >= 11 is 3.48. The van der Waals surface area contributed by atoms with Gasteiger partial charge in [-0.15, -0.1) is 0 Å². The molecule has 1 aliphatic rings. The van der Waals surface area contributed by atoms with Crippen molar-refractivity contribution in [2.24, 2.45) is 0 Å². The smallest absolute Gasteiger partial charge is 0.253 e. The zero-order valence-corrected chi connectivity index (χ0v) is 18.6. The van der Waals surface area contributed by atoms with E-state index in [1.807, 2.05) is 23.1 Å². The molecule has 3 aromatic rings. The van der Waals surface area contributed by atoms with Gasteiger partial charge in [0.1, 0.15) is 5.75 Å². The van der Waals surface area contributed by atoms with Crippen LogP contribution in [0.4, 0.5) is 0 Å². The Morgan fingerprint density at radius 3 is 1.93 bits per heavy atom. The van der Waals surface area contributed by atoms with E-state index >= 15 is 0 Å². The maximum atomic E-state index is 13.0. The Morgan fingerprint density at radius 1 is 0.867 bits per heavy atom. The molecule has 0 spiro atoms. The average molecular weight is 465 g/mol. The molecule has 0 saturated carbocycles. The molecule has 0 N–H and O–H groups in total. The number of methoxy groups -OCH3 is 1. The van der Waals surface area contributed by atoms with E-state index in [1.165, 1.54) is 11.1 Å². The SMILES string of the molecule is COc1ccc(C(=O)N2CCN(C(c3ccccc3)c3ccccc3)CC2)cc1Br. The minimum atomic E-state index is 0.0639. The predicted molar refractivity (Wildman–Crippen MR) is 123 cm³/mol. The molecule has 5 heteroatoms. The highest BCUT2D eigenvalue weighted by Gasteiger charge is 2.28. The third kappa shape index (κ3) is 4.42. The van der Waals surface area contributed by atoms with Crippen LogP contribution in [-0.2, 0) is 0 Å². The molecule has 30 heavy (non-hydrogen) atoms. The molecule has 0 aliphatic carbocycles. The maximum Gasteiger partial charge on any atom is 0.253 e. The summed E-state index contributed by atoms with van der Waals surface area (Å²) in [5.74, 6) is 0.791. The minimum absolute atomic E-state index is 0.0639. The van der Waals surface area contributed by atoms with E-state index in [2.05, 4.69) is 81.5 Å². The summed E-state index contributed by atoms with van der Waals surface area (Å²) in [5, 5.41) is 0. The van der Waals surface area contributed by atoms with Crippen LogP contribution < -0.4 is 4.74 Å². The number of halogens is 1. The van der Waals surface area contributed by atoms with Gasteiger partial charge in [0.2, 0.25) is 0 Å². The van der Waals surface area contributed by atoms with Crippen molar-refractivity contribution in [3.8, 4) is 5.75 Å². The zero-order valence-electron chi connectivity index (χ0n) is 17.0. The lowest BCUT2D eigenvalue weighted by atomic mass is 9.96. The third-order valence-electron chi connectivity index (χ3n) is 5.60. The van der Waals surface area contributed by atoms with Crippen molar-refractivity contribution in [3.05, 3.63) is 100 Å². The number of carbonyl (C=O) groups excluding carboxylic acids is 1. The highest BCUT2D eigenvalue weighted by Crippen LogP contribution is 2.30. The summed E-state index contributed by atoms with van der Waals surface area (Å²) in [7, 11) is 1.62. The molecule has 1 aliphatic heterocycles. The summed E-state index contributed by atoms with van der Waals surface area (Å²) in [6.07, 6.45) is 0. The first kappa shape index (κ1) is 20.6. The van der Waals surface area contributed by atoms with Crippen LogP contribution in [0.1, 0.15) is 27.5 Å². The highest BCUT2D eigenvalue weighted by atomic mass is 79.9. The Kier molecular flexibility index (Phi) is 6.50. The zero-order chi connectivity index (χ0) is 20.9. The molecule has 0 atom stereocenters. The van der Waals surface area contributed by atoms with E-state index in [4.69, 9.17) is 4.74 Å². The van der Waals surface area contributed by atoms with Gasteiger partial charge < -0.3 is 9.64 Å². The summed E-state index contributed by atoms with van der Waals surface area (Å²) in [6, 6.07) is 26.9. The lowest BCUT2D eigenvalue weighted by Gasteiger charge is -2.39. The van der Waals surface area contributed by atoms with E-state index in [0.717, 1.165) is 23.3 Å². The first-order valence-corrected chi connectivity index (χ1v) is 10.9. The lowest BCUT2D eigenvalue weighted by molar-refractivity contribution is 0.0597. The van der Waals surface area contributed by atoms with Gasteiger partial charge in [-0.1, -0.05) is 60.7 Å². The summed E-state index contributed by atoms with van der Waals surface area (Å²) < 4.78 is 6.07. The number of benzene rings is 3. The molecule has 4 rings (SSSR count). The fourth-order valence-corrected chi connectivity index (χ4v) is 4.59. The van der Waals surface area contributed by atoms with Crippen LogP contribution in [0.15, 0.2) is 83.3 Å². The van der Waals surface area contributed by atoms with Crippen LogP contribution in [-0.4, -0.2) is 49.0 Å². The van der Waals surface area contributed by atoms with Crippen LogP contribution >= 0.6 is 15.9 Å². The molecule has 3 aromatic carbocycles. The number of ether oxygens (including phenoxy) is 1. The Labute approximate surface area is 186 Å². The lowest BCUT2D eigenvalue weighted by Crippen LogP contribution is -2.49. The first-order chi connectivity index (χ1) is 14.7.